The van der Waals surface area contributed by atoms with Gasteiger partial charge in [-0.25, -0.2) is 0 Å². The summed E-state index contributed by atoms with van der Waals surface area (Å²) >= 11 is 1.74. The molecular formula is C13H19NO2S. The second-order valence-corrected chi connectivity index (χ2v) is 5.59. The number of benzene rings is 1. The summed E-state index contributed by atoms with van der Waals surface area (Å²) in [5.74, 6) is -0.0792. The fourth-order valence-corrected chi connectivity index (χ4v) is 2.59. The van der Waals surface area contributed by atoms with E-state index in [2.05, 4.69) is 12.1 Å². The van der Waals surface area contributed by atoms with E-state index >= 15 is 0 Å². The van der Waals surface area contributed by atoms with Gasteiger partial charge in [0.15, 0.2) is 0 Å². The molecule has 0 heterocycles. The maximum atomic E-state index is 10.8. The van der Waals surface area contributed by atoms with Crippen LogP contribution in [0.4, 0.5) is 0 Å². The molecule has 1 aromatic carbocycles. The minimum atomic E-state index is -0.926. The monoisotopic (exact) mass is 253 g/mol. The molecule has 3 atom stereocenters. The molecule has 4 heteroatoms. The summed E-state index contributed by atoms with van der Waals surface area (Å²) in [6.45, 7) is 3.92. The van der Waals surface area contributed by atoms with Crippen molar-refractivity contribution >= 4 is 17.7 Å². The minimum Gasteiger partial charge on any atom is -0.480 e. The molecule has 0 aromatic heterocycles. The van der Waals surface area contributed by atoms with E-state index < -0.39 is 12.0 Å². The zero-order valence-electron chi connectivity index (χ0n) is 10.2. The highest BCUT2D eigenvalue weighted by atomic mass is 32.2. The van der Waals surface area contributed by atoms with E-state index in [1.165, 1.54) is 5.56 Å². The van der Waals surface area contributed by atoms with Crippen molar-refractivity contribution in [3.8, 4) is 0 Å². The van der Waals surface area contributed by atoms with Gasteiger partial charge in [-0.1, -0.05) is 44.2 Å². The molecule has 2 unspecified atom stereocenters. The van der Waals surface area contributed by atoms with Crippen LogP contribution in [0.15, 0.2) is 30.3 Å². The third-order valence-corrected chi connectivity index (χ3v) is 4.40. The number of hydrogen-bond acceptors (Lipinski definition) is 3. The van der Waals surface area contributed by atoms with Gasteiger partial charge < -0.3 is 10.8 Å². The Morgan fingerprint density at radius 1 is 1.35 bits per heavy atom. The lowest BCUT2D eigenvalue weighted by molar-refractivity contribution is -0.139. The molecule has 3 nitrogen and oxygen atoms in total. The second kappa shape index (κ2) is 6.67. The first-order valence-electron chi connectivity index (χ1n) is 5.66. The molecule has 0 radical (unpaired) electrons. The highest BCUT2D eigenvalue weighted by Gasteiger charge is 2.25. The lowest BCUT2D eigenvalue weighted by Gasteiger charge is -2.22. The van der Waals surface area contributed by atoms with Crippen LogP contribution in [0.2, 0.25) is 0 Å². The van der Waals surface area contributed by atoms with Crippen molar-refractivity contribution in [3.05, 3.63) is 35.9 Å². The molecule has 0 bridgehead atoms. The molecule has 0 fully saturated rings. The molecular weight excluding hydrogens is 234 g/mol. The van der Waals surface area contributed by atoms with E-state index in [1.807, 2.05) is 32.0 Å². The molecule has 0 saturated heterocycles. The van der Waals surface area contributed by atoms with Gasteiger partial charge in [0.2, 0.25) is 0 Å². The smallest absolute Gasteiger partial charge is 0.320 e. The van der Waals surface area contributed by atoms with E-state index in [-0.39, 0.29) is 11.2 Å². The van der Waals surface area contributed by atoms with Crippen LogP contribution in [0.5, 0.6) is 0 Å². The van der Waals surface area contributed by atoms with Crippen LogP contribution in [0.3, 0.4) is 0 Å². The fraction of sp³-hybridized carbons (Fsp3) is 0.462. The average molecular weight is 253 g/mol. The molecule has 0 spiro atoms. The van der Waals surface area contributed by atoms with Gasteiger partial charge in [0.1, 0.15) is 6.04 Å². The molecule has 0 aliphatic carbocycles. The molecule has 17 heavy (non-hydrogen) atoms. The van der Waals surface area contributed by atoms with Crippen LogP contribution in [-0.2, 0) is 10.5 Å². The lowest BCUT2D eigenvalue weighted by atomic mass is 10.00. The highest BCUT2D eigenvalue weighted by molar-refractivity contribution is 7.99. The third-order valence-electron chi connectivity index (χ3n) is 2.95. The predicted molar refractivity (Wildman–Crippen MR) is 72.0 cm³/mol. The van der Waals surface area contributed by atoms with E-state index in [9.17, 15) is 4.79 Å². The number of thioether (sulfide) groups is 1. The largest absolute Gasteiger partial charge is 0.480 e. The lowest BCUT2D eigenvalue weighted by Crippen LogP contribution is -2.40. The summed E-state index contributed by atoms with van der Waals surface area (Å²) in [4.78, 5) is 10.8. The van der Waals surface area contributed by atoms with Gasteiger partial charge in [-0.05, 0) is 11.5 Å². The second-order valence-electron chi connectivity index (χ2n) is 4.22. The summed E-state index contributed by atoms with van der Waals surface area (Å²) in [6.07, 6.45) is 0. The maximum absolute atomic E-state index is 10.8. The number of rotatable bonds is 6. The number of carbonyl (C=O) groups is 1. The van der Waals surface area contributed by atoms with Crippen molar-refractivity contribution < 1.29 is 9.90 Å². The average Bonchev–Trinajstić information content (AvgIpc) is 2.35. The standard InChI is InChI=1S/C13H19NO2S/c1-9(12(14)13(15)16)10(2)17-8-11-6-4-3-5-7-11/h3-7,9-10,12H,8,14H2,1-2H3,(H,15,16)/t9?,10?,12-/m1/s1. The van der Waals surface area contributed by atoms with Gasteiger partial charge in [0.25, 0.3) is 0 Å². The van der Waals surface area contributed by atoms with Crippen molar-refractivity contribution in [2.75, 3.05) is 0 Å². The number of aliphatic carboxylic acids is 1. The molecule has 1 rings (SSSR count). The van der Waals surface area contributed by atoms with Gasteiger partial charge in [-0.2, -0.15) is 11.8 Å². The van der Waals surface area contributed by atoms with Gasteiger partial charge in [0, 0.05) is 11.0 Å². The van der Waals surface area contributed by atoms with Crippen LogP contribution >= 0.6 is 11.8 Å². The Bertz CT molecular complexity index is 356. The number of hydrogen-bond donors (Lipinski definition) is 2. The Labute approximate surface area is 106 Å². The van der Waals surface area contributed by atoms with Crippen molar-refractivity contribution in [1.82, 2.24) is 0 Å². The molecule has 3 N–H and O–H groups in total. The van der Waals surface area contributed by atoms with Crippen molar-refractivity contribution in [3.63, 3.8) is 0 Å². The Morgan fingerprint density at radius 2 is 1.94 bits per heavy atom. The first-order chi connectivity index (χ1) is 8.02. The Morgan fingerprint density at radius 3 is 2.47 bits per heavy atom. The molecule has 0 aliphatic rings. The zero-order chi connectivity index (χ0) is 12.8. The SMILES string of the molecule is CC(SCc1ccccc1)C(C)[C@@H](N)C(=O)O. The summed E-state index contributed by atoms with van der Waals surface area (Å²) in [7, 11) is 0. The van der Waals surface area contributed by atoms with Crippen LogP contribution in [0.25, 0.3) is 0 Å². The molecule has 94 valence electrons. The van der Waals surface area contributed by atoms with Crippen LogP contribution < -0.4 is 5.73 Å². The van der Waals surface area contributed by atoms with Crippen molar-refractivity contribution in [2.24, 2.45) is 11.7 Å². The number of nitrogens with two attached hydrogens (primary N) is 1. The van der Waals surface area contributed by atoms with Crippen LogP contribution in [0, 0.1) is 5.92 Å². The first kappa shape index (κ1) is 14.1. The predicted octanol–water partition coefficient (Wildman–Crippen LogP) is 2.36. The minimum absolute atomic E-state index is 0.0405. The van der Waals surface area contributed by atoms with Gasteiger partial charge in [-0.3, -0.25) is 4.79 Å². The van der Waals surface area contributed by atoms with Crippen LogP contribution in [-0.4, -0.2) is 22.4 Å². The summed E-state index contributed by atoms with van der Waals surface area (Å²) in [6, 6.07) is 9.36. The molecule has 0 aliphatic heterocycles. The Hall–Kier alpha value is -1.00. The fourth-order valence-electron chi connectivity index (χ4n) is 1.47. The van der Waals surface area contributed by atoms with Crippen molar-refractivity contribution in [1.29, 1.82) is 0 Å². The molecule has 0 saturated carbocycles. The van der Waals surface area contributed by atoms with E-state index in [4.69, 9.17) is 10.8 Å². The summed E-state index contributed by atoms with van der Waals surface area (Å²) in [5.41, 5.74) is 6.87. The zero-order valence-corrected chi connectivity index (χ0v) is 11.0. The third kappa shape index (κ3) is 4.40. The quantitative estimate of drug-likeness (QED) is 0.817. The van der Waals surface area contributed by atoms with Gasteiger partial charge >= 0.3 is 5.97 Å². The number of carboxylic acid groups (broad SMARTS) is 1. The molecule has 0 amide bonds. The number of carboxylic acids is 1. The Balaban J connectivity index is 2.44. The highest BCUT2D eigenvalue weighted by Crippen LogP contribution is 2.24. The first-order valence-corrected chi connectivity index (χ1v) is 6.71. The Kier molecular flexibility index (Phi) is 5.51. The normalized spacial score (nSPS) is 16.2. The van der Waals surface area contributed by atoms with E-state index in [1.54, 1.807) is 11.8 Å². The maximum Gasteiger partial charge on any atom is 0.320 e. The van der Waals surface area contributed by atoms with Crippen molar-refractivity contribution in [2.45, 2.75) is 30.9 Å². The molecule has 1 aromatic rings. The summed E-state index contributed by atoms with van der Waals surface area (Å²) in [5, 5.41) is 9.08. The van der Waals surface area contributed by atoms with Crippen LogP contribution in [0.1, 0.15) is 19.4 Å². The van der Waals surface area contributed by atoms with Gasteiger partial charge in [0.05, 0.1) is 0 Å². The van der Waals surface area contributed by atoms with E-state index in [0.717, 1.165) is 5.75 Å². The van der Waals surface area contributed by atoms with Gasteiger partial charge in [-0.15, -0.1) is 0 Å². The summed E-state index contributed by atoms with van der Waals surface area (Å²) < 4.78 is 0. The van der Waals surface area contributed by atoms with E-state index in [0.29, 0.717) is 0 Å². The topological polar surface area (TPSA) is 63.3 Å².